The molecular formula is C14H11F3N2O2. The topological polar surface area (TPSA) is 55.1 Å². The summed E-state index contributed by atoms with van der Waals surface area (Å²) in [6, 6.07) is 4.66. The summed E-state index contributed by atoms with van der Waals surface area (Å²) >= 11 is 0. The molecule has 7 heteroatoms. The first-order valence-corrected chi connectivity index (χ1v) is 6.37. The van der Waals surface area contributed by atoms with Crippen molar-refractivity contribution in [1.29, 1.82) is 0 Å². The first-order valence-electron chi connectivity index (χ1n) is 6.37. The Bertz CT molecular complexity index is 702. The average molecular weight is 296 g/mol. The molecule has 0 amide bonds. The van der Waals surface area contributed by atoms with Crippen LogP contribution < -0.4 is 0 Å². The summed E-state index contributed by atoms with van der Waals surface area (Å²) in [4.78, 5) is 11.2. The standard InChI is InChI=1S/C14H11F3N2O2/c15-14(16,17)9-2-1-3-10(6-9)19-7-11(13(20)21)12(18-19)8-4-5-8/h1-3,6-8H,4-5H2,(H,20,21). The number of aromatic nitrogens is 2. The molecule has 3 rings (SSSR count). The molecule has 0 saturated heterocycles. The molecule has 1 heterocycles. The van der Waals surface area contributed by atoms with Gasteiger partial charge in [0.15, 0.2) is 0 Å². The number of halogens is 3. The SMILES string of the molecule is O=C(O)c1cn(-c2cccc(C(F)(F)F)c2)nc1C1CC1. The van der Waals surface area contributed by atoms with Crippen LogP contribution in [0.1, 0.15) is 40.4 Å². The molecule has 2 aromatic rings. The van der Waals surface area contributed by atoms with Crippen molar-refractivity contribution in [2.75, 3.05) is 0 Å². The number of carboxylic acids is 1. The lowest BCUT2D eigenvalue weighted by molar-refractivity contribution is -0.137. The van der Waals surface area contributed by atoms with Crippen LogP contribution in [0.4, 0.5) is 13.2 Å². The molecule has 0 aliphatic heterocycles. The second-order valence-corrected chi connectivity index (χ2v) is 5.00. The summed E-state index contributed by atoms with van der Waals surface area (Å²) in [7, 11) is 0. The highest BCUT2D eigenvalue weighted by Crippen LogP contribution is 2.41. The predicted octanol–water partition coefficient (Wildman–Crippen LogP) is 3.47. The third-order valence-electron chi connectivity index (χ3n) is 3.38. The van der Waals surface area contributed by atoms with E-state index in [4.69, 9.17) is 5.11 Å². The predicted molar refractivity (Wildman–Crippen MR) is 67.5 cm³/mol. The quantitative estimate of drug-likeness (QED) is 0.943. The van der Waals surface area contributed by atoms with Crippen molar-refractivity contribution in [3.05, 3.63) is 47.3 Å². The first-order chi connectivity index (χ1) is 9.86. The van der Waals surface area contributed by atoms with E-state index in [1.165, 1.54) is 23.0 Å². The zero-order valence-corrected chi connectivity index (χ0v) is 10.8. The van der Waals surface area contributed by atoms with Crippen LogP contribution in [0, 0.1) is 0 Å². The summed E-state index contributed by atoms with van der Waals surface area (Å²) in [5.41, 5.74) is -0.102. The van der Waals surface area contributed by atoms with Gasteiger partial charge in [0.05, 0.1) is 16.9 Å². The van der Waals surface area contributed by atoms with Crippen LogP contribution in [0.15, 0.2) is 30.5 Å². The van der Waals surface area contributed by atoms with Gasteiger partial charge in [-0.3, -0.25) is 0 Å². The highest BCUT2D eigenvalue weighted by molar-refractivity contribution is 5.89. The maximum absolute atomic E-state index is 12.7. The molecule has 1 aromatic heterocycles. The Morgan fingerprint density at radius 2 is 2.05 bits per heavy atom. The lowest BCUT2D eigenvalue weighted by Crippen LogP contribution is -2.06. The third kappa shape index (κ3) is 2.63. The molecule has 21 heavy (non-hydrogen) atoms. The minimum absolute atomic E-state index is 0.0508. The largest absolute Gasteiger partial charge is 0.478 e. The summed E-state index contributed by atoms with van der Waals surface area (Å²) in [5, 5.41) is 13.3. The lowest BCUT2D eigenvalue weighted by atomic mass is 10.2. The Morgan fingerprint density at radius 3 is 2.62 bits per heavy atom. The maximum Gasteiger partial charge on any atom is 0.416 e. The zero-order valence-electron chi connectivity index (χ0n) is 10.8. The minimum atomic E-state index is -4.45. The number of hydrogen-bond acceptors (Lipinski definition) is 2. The molecule has 0 unspecified atom stereocenters. The average Bonchev–Trinajstić information content (AvgIpc) is 3.16. The molecule has 0 spiro atoms. The van der Waals surface area contributed by atoms with E-state index in [1.807, 2.05) is 0 Å². The number of benzene rings is 1. The molecule has 4 nitrogen and oxygen atoms in total. The second-order valence-electron chi connectivity index (χ2n) is 5.00. The van der Waals surface area contributed by atoms with Gasteiger partial charge in [0.2, 0.25) is 0 Å². The Balaban J connectivity index is 2.04. The smallest absolute Gasteiger partial charge is 0.416 e. The van der Waals surface area contributed by atoms with E-state index >= 15 is 0 Å². The van der Waals surface area contributed by atoms with Gasteiger partial charge >= 0.3 is 12.1 Å². The zero-order chi connectivity index (χ0) is 15.2. The Morgan fingerprint density at radius 1 is 1.33 bits per heavy atom. The minimum Gasteiger partial charge on any atom is -0.478 e. The Hall–Kier alpha value is -2.31. The van der Waals surface area contributed by atoms with Crippen molar-refractivity contribution in [2.45, 2.75) is 24.9 Å². The molecule has 0 radical (unpaired) electrons. The number of alkyl halides is 3. The number of aromatic carboxylic acids is 1. The van der Waals surface area contributed by atoms with Crippen LogP contribution in [-0.4, -0.2) is 20.9 Å². The number of rotatable bonds is 3. The molecule has 0 bridgehead atoms. The molecule has 110 valence electrons. The molecular weight excluding hydrogens is 285 g/mol. The Kier molecular flexibility index (Phi) is 3.00. The summed E-state index contributed by atoms with van der Waals surface area (Å²) < 4.78 is 39.3. The van der Waals surface area contributed by atoms with Gasteiger partial charge < -0.3 is 5.11 Å². The summed E-state index contributed by atoms with van der Waals surface area (Å²) in [6.45, 7) is 0. The van der Waals surface area contributed by atoms with Crippen molar-refractivity contribution < 1.29 is 23.1 Å². The summed E-state index contributed by atoms with van der Waals surface area (Å²) in [5.74, 6) is -1.02. The van der Waals surface area contributed by atoms with E-state index in [0.717, 1.165) is 25.0 Å². The van der Waals surface area contributed by atoms with Crippen LogP contribution in [0.5, 0.6) is 0 Å². The van der Waals surface area contributed by atoms with Crippen LogP contribution in [0.25, 0.3) is 5.69 Å². The van der Waals surface area contributed by atoms with E-state index in [0.29, 0.717) is 5.69 Å². The molecule has 1 aromatic carbocycles. The summed E-state index contributed by atoms with van der Waals surface area (Å²) in [6.07, 6.45) is -1.46. The van der Waals surface area contributed by atoms with Crippen LogP contribution in [0.3, 0.4) is 0 Å². The van der Waals surface area contributed by atoms with Gasteiger partial charge in [-0.05, 0) is 31.0 Å². The van der Waals surface area contributed by atoms with E-state index in [2.05, 4.69) is 5.10 Å². The van der Waals surface area contributed by atoms with Crippen LogP contribution in [-0.2, 0) is 6.18 Å². The maximum atomic E-state index is 12.7. The highest BCUT2D eigenvalue weighted by Gasteiger charge is 2.33. The fraction of sp³-hybridized carbons (Fsp3) is 0.286. The van der Waals surface area contributed by atoms with Crippen LogP contribution in [0.2, 0.25) is 0 Å². The third-order valence-corrected chi connectivity index (χ3v) is 3.38. The van der Waals surface area contributed by atoms with Crippen molar-refractivity contribution in [3.8, 4) is 5.69 Å². The number of nitrogens with zero attached hydrogens (tertiary/aromatic N) is 2. The van der Waals surface area contributed by atoms with Gasteiger partial charge in [-0.1, -0.05) is 6.07 Å². The lowest BCUT2D eigenvalue weighted by Gasteiger charge is -2.08. The molecule has 0 atom stereocenters. The van der Waals surface area contributed by atoms with Crippen LogP contribution >= 0.6 is 0 Å². The highest BCUT2D eigenvalue weighted by atomic mass is 19.4. The van der Waals surface area contributed by atoms with Gasteiger partial charge in [-0.25, -0.2) is 9.48 Å². The van der Waals surface area contributed by atoms with Crippen molar-refractivity contribution in [3.63, 3.8) is 0 Å². The molecule has 1 N–H and O–H groups in total. The van der Waals surface area contributed by atoms with E-state index in [9.17, 15) is 18.0 Å². The molecule has 1 saturated carbocycles. The first kappa shape index (κ1) is 13.7. The van der Waals surface area contributed by atoms with E-state index in [-0.39, 0.29) is 17.2 Å². The monoisotopic (exact) mass is 296 g/mol. The van der Waals surface area contributed by atoms with Gasteiger partial charge in [0.25, 0.3) is 0 Å². The molecule has 1 fully saturated rings. The normalized spacial score (nSPS) is 15.2. The second kappa shape index (κ2) is 4.61. The van der Waals surface area contributed by atoms with E-state index < -0.39 is 17.7 Å². The van der Waals surface area contributed by atoms with Gasteiger partial charge in [0, 0.05) is 12.1 Å². The van der Waals surface area contributed by atoms with E-state index in [1.54, 1.807) is 0 Å². The van der Waals surface area contributed by atoms with Gasteiger partial charge in [-0.15, -0.1) is 0 Å². The van der Waals surface area contributed by atoms with Crippen molar-refractivity contribution in [2.24, 2.45) is 0 Å². The van der Waals surface area contributed by atoms with Gasteiger partial charge in [-0.2, -0.15) is 18.3 Å². The Labute approximate surface area is 117 Å². The molecule has 1 aliphatic carbocycles. The van der Waals surface area contributed by atoms with Crippen molar-refractivity contribution >= 4 is 5.97 Å². The number of carbonyl (C=O) groups is 1. The fourth-order valence-corrected chi connectivity index (χ4v) is 2.17. The number of carboxylic acid groups (broad SMARTS) is 1. The van der Waals surface area contributed by atoms with Gasteiger partial charge in [0.1, 0.15) is 5.56 Å². The molecule has 1 aliphatic rings. The fourth-order valence-electron chi connectivity index (χ4n) is 2.17. The number of hydrogen-bond donors (Lipinski definition) is 1. The van der Waals surface area contributed by atoms with Crippen molar-refractivity contribution in [1.82, 2.24) is 9.78 Å².